The van der Waals surface area contributed by atoms with Crippen molar-refractivity contribution in [2.45, 2.75) is 69.4 Å². The molecule has 0 heterocycles. The average molecular weight is 368 g/mol. The highest BCUT2D eigenvalue weighted by atomic mass is 32.2. The van der Waals surface area contributed by atoms with E-state index in [9.17, 15) is 13.2 Å². The van der Waals surface area contributed by atoms with Crippen LogP contribution >= 0.6 is 0 Å². The molecule has 1 aromatic carbocycles. The lowest BCUT2D eigenvalue weighted by atomic mass is 9.85. The first-order valence-corrected chi connectivity index (χ1v) is 10.4. The first-order chi connectivity index (χ1) is 11.8. The van der Waals surface area contributed by atoms with Crippen LogP contribution in [0.1, 0.15) is 52.4 Å². The highest BCUT2D eigenvalue weighted by molar-refractivity contribution is 7.89. The molecule has 1 aromatic rings. The minimum atomic E-state index is -3.53. The summed E-state index contributed by atoms with van der Waals surface area (Å²) in [4.78, 5) is 12.4. The van der Waals surface area contributed by atoms with Gasteiger partial charge in [-0.05, 0) is 50.5 Å². The van der Waals surface area contributed by atoms with Gasteiger partial charge >= 0.3 is 0 Å². The predicted octanol–water partition coefficient (Wildman–Crippen LogP) is 2.61. The molecule has 0 aromatic heterocycles. The maximum absolute atomic E-state index is 12.2. The zero-order chi connectivity index (χ0) is 18.4. The van der Waals surface area contributed by atoms with Gasteiger partial charge in [0.1, 0.15) is 0 Å². The molecule has 0 radical (unpaired) electrons. The zero-order valence-electron chi connectivity index (χ0n) is 15.0. The fourth-order valence-electron chi connectivity index (χ4n) is 3.22. The number of benzene rings is 1. The van der Waals surface area contributed by atoms with E-state index in [-0.39, 0.29) is 16.8 Å². The molecule has 0 spiro atoms. The number of nitrogens with two attached hydrogens (primary N) is 1. The molecular weight excluding hydrogens is 338 g/mol. The normalized spacial score (nSPS) is 17.4. The van der Waals surface area contributed by atoms with Crippen LogP contribution in [0.2, 0.25) is 0 Å². The van der Waals surface area contributed by atoms with Crippen LogP contribution in [0.15, 0.2) is 29.2 Å². The summed E-state index contributed by atoms with van der Waals surface area (Å²) in [6, 6.07) is 5.41. The number of hydrogen-bond donors (Lipinski definition) is 3. The summed E-state index contributed by atoms with van der Waals surface area (Å²) in [6.45, 7) is 3.53. The van der Waals surface area contributed by atoms with Gasteiger partial charge in [0.15, 0.2) is 0 Å². The molecule has 1 saturated carbocycles. The van der Waals surface area contributed by atoms with E-state index in [1.807, 2.05) is 0 Å². The summed E-state index contributed by atoms with van der Waals surface area (Å²) in [7, 11) is -3.53. The number of hydrogen-bond acceptors (Lipinski definition) is 4. The Morgan fingerprint density at radius 2 is 1.76 bits per heavy atom. The summed E-state index contributed by atoms with van der Waals surface area (Å²) in [5.74, 6) is 0.311. The largest absolute Gasteiger partial charge is 0.325 e. The highest BCUT2D eigenvalue weighted by Gasteiger charge is 2.21. The number of carbonyl (C=O) groups is 1. The lowest BCUT2D eigenvalue weighted by molar-refractivity contribution is -0.117. The van der Waals surface area contributed by atoms with Crippen molar-refractivity contribution in [1.29, 1.82) is 0 Å². The fourth-order valence-corrected chi connectivity index (χ4v) is 4.47. The molecule has 6 nitrogen and oxygen atoms in total. The third-order valence-electron chi connectivity index (χ3n) is 4.47. The van der Waals surface area contributed by atoms with Crippen LogP contribution in [-0.2, 0) is 14.8 Å². The van der Waals surface area contributed by atoms with E-state index in [1.165, 1.54) is 31.4 Å². The maximum atomic E-state index is 12.2. The number of anilines is 1. The van der Waals surface area contributed by atoms with E-state index in [4.69, 9.17) is 5.73 Å². The molecule has 0 bridgehead atoms. The Morgan fingerprint density at radius 3 is 2.32 bits per heavy atom. The van der Waals surface area contributed by atoms with E-state index in [0.717, 1.165) is 12.8 Å². The van der Waals surface area contributed by atoms with Gasteiger partial charge in [0.05, 0.1) is 10.9 Å². The summed E-state index contributed by atoms with van der Waals surface area (Å²) < 4.78 is 26.7. The first-order valence-electron chi connectivity index (χ1n) is 8.97. The molecule has 4 N–H and O–H groups in total. The van der Waals surface area contributed by atoms with Gasteiger partial charge in [-0.2, -0.15) is 0 Å². The summed E-state index contributed by atoms with van der Waals surface area (Å²) in [5.41, 5.74) is 6.58. The molecule has 2 rings (SSSR count). The van der Waals surface area contributed by atoms with Crippen LogP contribution < -0.4 is 15.8 Å². The summed E-state index contributed by atoms with van der Waals surface area (Å²) >= 11 is 0. The molecule has 7 heteroatoms. The third-order valence-corrected chi connectivity index (χ3v) is 6.15. The van der Waals surface area contributed by atoms with Crippen LogP contribution in [0, 0.1) is 5.92 Å². The minimum Gasteiger partial charge on any atom is -0.325 e. The zero-order valence-corrected chi connectivity index (χ0v) is 15.8. The second-order valence-corrected chi connectivity index (χ2v) is 8.85. The van der Waals surface area contributed by atoms with Gasteiger partial charge in [-0.15, -0.1) is 0 Å². The molecular formula is C18H29N3O3S. The molecule has 1 atom stereocenters. The van der Waals surface area contributed by atoms with E-state index < -0.39 is 16.1 Å². The topological polar surface area (TPSA) is 101 Å². The number of sulfonamides is 1. The molecule has 1 amide bonds. The molecule has 1 aliphatic rings. The highest BCUT2D eigenvalue weighted by Crippen LogP contribution is 2.27. The smallest absolute Gasteiger partial charge is 0.241 e. The van der Waals surface area contributed by atoms with Crippen molar-refractivity contribution in [3.63, 3.8) is 0 Å². The van der Waals surface area contributed by atoms with Crippen molar-refractivity contribution in [2.24, 2.45) is 11.7 Å². The monoisotopic (exact) mass is 367 g/mol. The van der Waals surface area contributed by atoms with Crippen molar-refractivity contribution in [3.05, 3.63) is 24.3 Å². The Balaban J connectivity index is 1.92. The van der Waals surface area contributed by atoms with Crippen molar-refractivity contribution in [2.75, 3.05) is 5.32 Å². The van der Waals surface area contributed by atoms with Crippen LogP contribution in [0.3, 0.4) is 0 Å². The van der Waals surface area contributed by atoms with Crippen molar-refractivity contribution >= 4 is 21.6 Å². The number of amides is 1. The Bertz CT molecular complexity index is 665. The Kier molecular flexibility index (Phi) is 6.98. The lowest BCUT2D eigenvalue weighted by Gasteiger charge is -2.24. The molecule has 1 fully saturated rings. The molecule has 25 heavy (non-hydrogen) atoms. The van der Waals surface area contributed by atoms with E-state index in [0.29, 0.717) is 18.0 Å². The van der Waals surface area contributed by atoms with Crippen molar-refractivity contribution in [1.82, 2.24) is 4.72 Å². The third kappa shape index (κ3) is 6.09. The van der Waals surface area contributed by atoms with E-state index >= 15 is 0 Å². The maximum Gasteiger partial charge on any atom is 0.241 e. The summed E-state index contributed by atoms with van der Waals surface area (Å²) in [6.07, 6.45) is 6.72. The van der Waals surface area contributed by atoms with Crippen molar-refractivity contribution < 1.29 is 13.2 Å². The average Bonchev–Trinajstić information content (AvgIpc) is 2.55. The first kappa shape index (κ1) is 19.9. The van der Waals surface area contributed by atoms with E-state index in [1.54, 1.807) is 26.0 Å². The Morgan fingerprint density at radius 1 is 1.16 bits per heavy atom. The number of carbonyl (C=O) groups excluding carboxylic acids is 1. The predicted molar refractivity (Wildman–Crippen MR) is 99.7 cm³/mol. The van der Waals surface area contributed by atoms with Crippen LogP contribution in [0.4, 0.5) is 5.69 Å². The van der Waals surface area contributed by atoms with Crippen molar-refractivity contribution in [3.8, 4) is 0 Å². The van der Waals surface area contributed by atoms with Gasteiger partial charge in [0.25, 0.3) is 0 Å². The molecule has 140 valence electrons. The van der Waals surface area contributed by atoms with Crippen LogP contribution in [0.5, 0.6) is 0 Å². The fraction of sp³-hybridized carbons (Fsp3) is 0.611. The van der Waals surface area contributed by atoms with E-state index in [2.05, 4.69) is 10.0 Å². The minimum absolute atomic E-state index is 0.172. The molecule has 1 aliphatic carbocycles. The summed E-state index contributed by atoms with van der Waals surface area (Å²) in [5, 5.41) is 2.77. The quantitative estimate of drug-likeness (QED) is 0.689. The Labute approximate surface area is 150 Å². The van der Waals surface area contributed by atoms with Gasteiger partial charge in [-0.1, -0.05) is 32.1 Å². The SMILES string of the molecule is CC(C)NS(=O)(=O)c1ccc(NC(=O)C(N)CC2CCCCC2)cc1. The number of nitrogens with one attached hydrogen (secondary N) is 2. The van der Waals surface area contributed by atoms with Gasteiger partial charge in [-0.3, -0.25) is 4.79 Å². The number of rotatable bonds is 7. The van der Waals surface area contributed by atoms with Crippen LogP contribution in [0.25, 0.3) is 0 Å². The van der Waals surface area contributed by atoms with Gasteiger partial charge in [-0.25, -0.2) is 13.1 Å². The van der Waals surface area contributed by atoms with Gasteiger partial charge < -0.3 is 11.1 Å². The van der Waals surface area contributed by atoms with Crippen LogP contribution in [-0.4, -0.2) is 26.4 Å². The molecule has 1 unspecified atom stereocenters. The second kappa shape index (κ2) is 8.78. The van der Waals surface area contributed by atoms with Gasteiger partial charge in [0, 0.05) is 11.7 Å². The second-order valence-electron chi connectivity index (χ2n) is 7.14. The molecule has 0 saturated heterocycles. The Hall–Kier alpha value is -1.44. The molecule has 0 aliphatic heterocycles. The standard InChI is InChI=1S/C18H29N3O3S/c1-13(2)21-25(23,24)16-10-8-15(9-11-16)20-18(22)17(19)12-14-6-4-3-5-7-14/h8-11,13-14,17,21H,3-7,12,19H2,1-2H3,(H,20,22). The lowest BCUT2D eigenvalue weighted by Crippen LogP contribution is -2.37. The van der Waals surface area contributed by atoms with Gasteiger partial charge in [0.2, 0.25) is 15.9 Å².